The molecule has 8 unspecified atom stereocenters. The monoisotopic (exact) mass is 944 g/mol. The summed E-state index contributed by atoms with van der Waals surface area (Å²) < 4.78 is 9.77. The van der Waals surface area contributed by atoms with Gasteiger partial charge in [-0.2, -0.15) is 0 Å². The minimum absolute atomic E-state index is 0.0789. The lowest BCUT2D eigenvalue weighted by molar-refractivity contribution is -0.140. The highest BCUT2D eigenvalue weighted by Crippen LogP contribution is 2.52. The third kappa shape index (κ3) is 8.16. The lowest BCUT2D eigenvalue weighted by atomic mass is 9.87. The Morgan fingerprint density at radius 1 is 0.571 bits per heavy atom. The number of piperidine rings is 2. The lowest BCUT2D eigenvalue weighted by Crippen LogP contribution is -2.54. The second kappa shape index (κ2) is 18.2. The molecule has 2 saturated carbocycles. The molecule has 6 aliphatic carbocycles. The molecule has 0 spiro atoms. The summed E-state index contributed by atoms with van der Waals surface area (Å²) in [6.45, 7) is 7.79. The molecule has 2 aliphatic heterocycles. The Kier molecular flexibility index (Phi) is 11.9. The van der Waals surface area contributed by atoms with Gasteiger partial charge in [-0.25, -0.2) is 19.6 Å². The zero-order valence-corrected chi connectivity index (χ0v) is 41.0. The maximum atomic E-state index is 14.2. The van der Waals surface area contributed by atoms with Crippen LogP contribution in [0.25, 0.3) is 44.3 Å². The quantitative estimate of drug-likeness (QED) is 0.105. The molecule has 14 rings (SSSR count). The molecule has 14 nitrogen and oxygen atoms in total. The van der Waals surface area contributed by atoms with Crippen molar-refractivity contribution in [3.8, 4) is 22.3 Å². The second-order valence-corrected chi connectivity index (χ2v) is 21.2. The summed E-state index contributed by atoms with van der Waals surface area (Å²) in [5, 5.41) is 5.60. The summed E-state index contributed by atoms with van der Waals surface area (Å²) in [5.74, 6) is 1.86. The van der Waals surface area contributed by atoms with E-state index in [1.165, 1.54) is 47.6 Å². The Bertz CT molecular complexity index is 2830. The van der Waals surface area contributed by atoms with Gasteiger partial charge in [0.2, 0.25) is 11.8 Å². The van der Waals surface area contributed by atoms with E-state index < -0.39 is 24.3 Å². The molecular formula is C56H64N8O6. The van der Waals surface area contributed by atoms with Gasteiger partial charge in [0.25, 0.3) is 0 Å². The van der Waals surface area contributed by atoms with Crippen LogP contribution in [0.4, 0.5) is 9.59 Å². The van der Waals surface area contributed by atoms with E-state index in [1.54, 1.807) is 0 Å². The second-order valence-electron chi connectivity index (χ2n) is 21.2. The van der Waals surface area contributed by atoms with Crippen LogP contribution in [-0.2, 0) is 44.7 Å². The molecular weight excluding hydrogens is 881 g/mol. The van der Waals surface area contributed by atoms with E-state index >= 15 is 0 Å². The minimum Gasteiger partial charge on any atom is -0.453 e. The van der Waals surface area contributed by atoms with Gasteiger partial charge in [0.05, 0.1) is 48.4 Å². The van der Waals surface area contributed by atoms with Gasteiger partial charge in [0.1, 0.15) is 23.7 Å². The van der Waals surface area contributed by atoms with Gasteiger partial charge in [-0.1, -0.05) is 76.2 Å². The molecule has 4 N–H and O–H groups in total. The molecule has 70 heavy (non-hydrogen) atoms. The smallest absolute Gasteiger partial charge is 0.407 e. The standard InChI is InChI=1S/C56H64N8O6/c1-29(2)47(61-55(67)69-5)53(65)63-39-19-15-37(25-39)49(63)51-57-43-21-17-35(27-45(43)59-51)41-23-31-7-11-33(41)13-9-32-8-12-34(14-10-31)42(24-32)36-18-22-44-46(28-36)60-52(58-44)50-38-16-20-40(26-38)64(50)54(66)48(30(3)4)62-56(68)70-6/h7-8,11-12,17-18,21-24,27-30,37-40,47-50H,9-10,13-16,19-20,25-26H2,1-6H3,(H,57,59)(H,58,60)(H,61,67)(H,62,68). The zero-order chi connectivity index (χ0) is 48.5. The highest BCUT2D eigenvalue weighted by Gasteiger charge is 2.53. The molecule has 2 saturated heterocycles. The van der Waals surface area contributed by atoms with Crippen molar-refractivity contribution in [2.24, 2.45) is 23.7 Å². The number of rotatable bonds is 10. The van der Waals surface area contributed by atoms with E-state index in [0.717, 1.165) is 109 Å². The third-order valence-electron chi connectivity index (χ3n) is 16.4. The van der Waals surface area contributed by atoms with Crippen molar-refractivity contribution in [3.63, 3.8) is 0 Å². The molecule has 6 aromatic rings. The Morgan fingerprint density at radius 2 is 1.00 bits per heavy atom. The number of fused-ring (bicyclic) bond motifs is 6. The lowest BCUT2D eigenvalue weighted by Gasteiger charge is -2.37. The molecule has 2 aromatic heterocycles. The van der Waals surface area contributed by atoms with Gasteiger partial charge >= 0.3 is 12.2 Å². The fraction of sp³-hybridized carbons (Fsp3) is 0.464. The van der Waals surface area contributed by atoms with E-state index in [0.29, 0.717) is 11.8 Å². The first kappa shape index (κ1) is 45.7. The maximum Gasteiger partial charge on any atom is 0.407 e. The van der Waals surface area contributed by atoms with Crippen LogP contribution in [0.1, 0.15) is 112 Å². The van der Waals surface area contributed by atoms with Crippen molar-refractivity contribution >= 4 is 46.1 Å². The molecule has 8 atom stereocenters. The van der Waals surface area contributed by atoms with Crippen LogP contribution in [-0.4, -0.2) is 92.1 Å². The summed E-state index contributed by atoms with van der Waals surface area (Å²) in [7, 11) is 2.64. The van der Waals surface area contributed by atoms with E-state index in [9.17, 15) is 19.2 Å². The van der Waals surface area contributed by atoms with Gasteiger partial charge in [-0.15, -0.1) is 0 Å². The van der Waals surface area contributed by atoms with Crippen molar-refractivity contribution in [3.05, 3.63) is 107 Å². The predicted molar refractivity (Wildman–Crippen MR) is 268 cm³/mol. The molecule has 4 heterocycles. The maximum absolute atomic E-state index is 14.2. The molecule has 8 bridgehead atoms. The third-order valence-corrected chi connectivity index (χ3v) is 16.4. The number of amides is 4. The molecule has 8 aliphatic rings. The largest absolute Gasteiger partial charge is 0.453 e. The SMILES string of the molecule is COC(=O)NC(C(=O)N1C2CCC(C2)C1c1nc2ccc(-c3cc4ccc3CCc3ccc(c(-c5ccc6nc(C7C8CCC(C8)N7C(=O)C(NC(=O)OC)C(C)C)[nH]c6c5)c3)CC4)cc2[nH]1)C(C)C. The summed E-state index contributed by atoms with van der Waals surface area (Å²) >= 11 is 0. The van der Waals surface area contributed by atoms with E-state index in [2.05, 4.69) is 93.4 Å². The molecule has 4 aromatic carbocycles. The van der Waals surface area contributed by atoms with Crippen LogP contribution in [0.2, 0.25) is 0 Å². The van der Waals surface area contributed by atoms with Gasteiger partial charge in [0.15, 0.2) is 0 Å². The van der Waals surface area contributed by atoms with Crippen molar-refractivity contribution in [1.29, 1.82) is 0 Å². The van der Waals surface area contributed by atoms with Crippen molar-refractivity contribution in [1.82, 2.24) is 40.4 Å². The number of aromatic nitrogens is 4. The van der Waals surface area contributed by atoms with Crippen molar-refractivity contribution in [2.45, 2.75) is 128 Å². The Labute approximate surface area is 408 Å². The molecule has 14 heteroatoms. The Hall–Kier alpha value is -6.70. The first-order chi connectivity index (χ1) is 33.8. The van der Waals surface area contributed by atoms with Crippen LogP contribution < -0.4 is 10.6 Å². The summed E-state index contributed by atoms with van der Waals surface area (Å²) in [4.78, 5) is 74.6. The number of H-pyrrole nitrogens is 2. The van der Waals surface area contributed by atoms with Gasteiger partial charge in [-0.3, -0.25) is 9.59 Å². The number of hydrogen-bond donors (Lipinski definition) is 4. The first-order valence-electron chi connectivity index (χ1n) is 25.4. The number of hydrogen-bond acceptors (Lipinski definition) is 8. The predicted octanol–water partition coefficient (Wildman–Crippen LogP) is 9.52. The molecule has 4 fully saturated rings. The van der Waals surface area contributed by atoms with E-state index in [1.807, 2.05) is 37.5 Å². The normalized spacial score (nSPS) is 23.3. The summed E-state index contributed by atoms with van der Waals surface area (Å²) in [5.41, 5.74) is 13.5. The number of nitrogens with one attached hydrogen (secondary N) is 4. The fourth-order valence-electron chi connectivity index (χ4n) is 12.8. The first-order valence-corrected chi connectivity index (χ1v) is 25.4. The number of nitrogens with zero attached hydrogens (tertiary/aromatic N) is 4. The number of aromatic amines is 2. The number of ether oxygens (including phenoxy) is 2. The topological polar surface area (TPSA) is 175 Å². The zero-order valence-electron chi connectivity index (χ0n) is 41.0. The number of carbonyl (C=O) groups is 4. The van der Waals surface area contributed by atoms with Gasteiger partial charge in [-0.05, 0) is 157 Å². The van der Waals surface area contributed by atoms with Crippen molar-refractivity contribution < 1.29 is 28.7 Å². The highest BCUT2D eigenvalue weighted by molar-refractivity contribution is 5.89. The van der Waals surface area contributed by atoms with Crippen LogP contribution in [0.15, 0.2) is 72.8 Å². The average molecular weight is 945 g/mol. The summed E-state index contributed by atoms with van der Waals surface area (Å²) in [6.07, 6.45) is 8.16. The van der Waals surface area contributed by atoms with Gasteiger partial charge in [0, 0.05) is 12.1 Å². The number of carbonyl (C=O) groups excluding carboxylic acids is 4. The van der Waals surface area contributed by atoms with Gasteiger partial charge < -0.3 is 39.9 Å². The van der Waals surface area contributed by atoms with Crippen LogP contribution in [0.3, 0.4) is 0 Å². The minimum atomic E-state index is -0.686. The molecule has 4 amide bonds. The number of likely N-dealkylation sites (tertiary alicyclic amines) is 2. The number of benzene rings is 4. The number of imidazole rings is 2. The molecule has 364 valence electrons. The summed E-state index contributed by atoms with van der Waals surface area (Å²) in [6, 6.07) is 25.4. The Morgan fingerprint density at radius 3 is 1.40 bits per heavy atom. The highest BCUT2D eigenvalue weighted by atomic mass is 16.5. The Balaban J connectivity index is 0.843. The van der Waals surface area contributed by atoms with Crippen molar-refractivity contribution in [2.75, 3.05) is 14.2 Å². The molecule has 0 radical (unpaired) electrons. The number of alkyl carbamates (subject to hydrolysis) is 2. The van der Waals surface area contributed by atoms with Crippen LogP contribution >= 0.6 is 0 Å². The fourth-order valence-corrected chi connectivity index (χ4v) is 12.8. The van der Waals surface area contributed by atoms with Crippen LogP contribution in [0, 0.1) is 23.7 Å². The number of aryl methyl sites for hydroxylation is 4. The van der Waals surface area contributed by atoms with E-state index in [-0.39, 0.29) is 47.8 Å². The van der Waals surface area contributed by atoms with E-state index in [4.69, 9.17) is 19.4 Å². The number of methoxy groups -OCH3 is 2. The average Bonchev–Trinajstić information content (AvgIpc) is 4.24. The van der Waals surface area contributed by atoms with Crippen LogP contribution in [0.5, 0.6) is 0 Å².